The minimum absolute atomic E-state index is 0.0120. The lowest BCUT2D eigenvalue weighted by Crippen LogP contribution is -2.45. The number of hydrogen-bond donors (Lipinski definition) is 1. The Labute approximate surface area is 209 Å². The van der Waals surface area contributed by atoms with Crippen LogP contribution in [0.5, 0.6) is 5.75 Å². The van der Waals surface area contributed by atoms with Gasteiger partial charge in [-0.05, 0) is 60.7 Å². The van der Waals surface area contributed by atoms with E-state index >= 15 is 0 Å². The van der Waals surface area contributed by atoms with Gasteiger partial charge in [-0.25, -0.2) is 13.1 Å². The van der Waals surface area contributed by atoms with E-state index < -0.39 is 15.9 Å². The molecule has 0 saturated carbocycles. The van der Waals surface area contributed by atoms with Gasteiger partial charge in [0.1, 0.15) is 5.75 Å². The van der Waals surface area contributed by atoms with Gasteiger partial charge in [-0.15, -0.1) is 0 Å². The summed E-state index contributed by atoms with van der Waals surface area (Å²) in [7, 11) is -2.13. The Morgan fingerprint density at radius 2 is 2.09 bits per heavy atom. The Bertz CT molecular complexity index is 1400. The van der Waals surface area contributed by atoms with Crippen molar-refractivity contribution in [3.05, 3.63) is 70.5 Å². The van der Waals surface area contributed by atoms with Gasteiger partial charge in [-0.2, -0.15) is 5.10 Å². The molecule has 2 aliphatic rings. The van der Waals surface area contributed by atoms with Crippen molar-refractivity contribution in [2.75, 3.05) is 18.1 Å². The van der Waals surface area contributed by atoms with Gasteiger partial charge >= 0.3 is 0 Å². The van der Waals surface area contributed by atoms with Crippen LogP contribution in [0, 0.1) is 0 Å². The Kier molecular flexibility index (Phi) is 6.01. The van der Waals surface area contributed by atoms with Gasteiger partial charge in [0.2, 0.25) is 5.91 Å². The number of nitrogens with one attached hydrogen (secondary N) is 1. The van der Waals surface area contributed by atoms with Crippen molar-refractivity contribution in [3.8, 4) is 5.75 Å². The summed E-state index contributed by atoms with van der Waals surface area (Å²) < 4.78 is 35.7. The van der Waals surface area contributed by atoms with Crippen LogP contribution in [-0.4, -0.2) is 37.3 Å². The zero-order valence-corrected chi connectivity index (χ0v) is 21.2. The fourth-order valence-electron chi connectivity index (χ4n) is 5.26. The number of halogens is 1. The number of ether oxygens (including phenoxy) is 1. The summed E-state index contributed by atoms with van der Waals surface area (Å²) in [5.41, 5.74) is 3.84. The number of fused-ring (bicyclic) bond motifs is 3. The molecule has 1 spiro atoms. The van der Waals surface area contributed by atoms with E-state index in [4.69, 9.17) is 16.3 Å². The molecular weight excluding hydrogens is 488 g/mol. The number of amides is 1. The van der Waals surface area contributed by atoms with Crippen LogP contribution < -0.4 is 14.4 Å². The van der Waals surface area contributed by atoms with Gasteiger partial charge in [0, 0.05) is 49.3 Å². The number of benzene rings is 2. The molecule has 1 aliphatic carbocycles. The monoisotopic (exact) mass is 514 g/mol. The number of sulfonamides is 1. The molecule has 8 nitrogen and oxygen atoms in total. The van der Waals surface area contributed by atoms with Crippen LogP contribution in [0.2, 0.25) is 5.02 Å². The second-order valence-electron chi connectivity index (χ2n) is 9.39. The molecular formula is C25H27ClN4O4S. The first-order valence-electron chi connectivity index (χ1n) is 11.5. The molecule has 0 fully saturated rings. The molecule has 0 saturated heterocycles. The van der Waals surface area contributed by atoms with E-state index in [2.05, 4.69) is 16.1 Å². The molecule has 10 heteroatoms. The lowest BCUT2D eigenvalue weighted by atomic mass is 9.70. The first kappa shape index (κ1) is 23.7. The normalized spacial score (nSPS) is 19.5. The minimum Gasteiger partial charge on any atom is -0.490 e. The summed E-state index contributed by atoms with van der Waals surface area (Å²) >= 11 is 6.31. The third-order valence-corrected chi connectivity index (χ3v) is 8.39. The van der Waals surface area contributed by atoms with Gasteiger partial charge in [-0.3, -0.25) is 9.48 Å². The Hall–Kier alpha value is -3.04. The minimum atomic E-state index is -4.00. The van der Waals surface area contributed by atoms with E-state index in [-0.39, 0.29) is 10.3 Å². The molecule has 1 aliphatic heterocycles. The predicted octanol–water partition coefficient (Wildman–Crippen LogP) is 3.57. The van der Waals surface area contributed by atoms with Gasteiger partial charge in [-0.1, -0.05) is 17.7 Å². The summed E-state index contributed by atoms with van der Waals surface area (Å²) in [6.07, 6.45) is 6.67. The lowest BCUT2D eigenvalue weighted by molar-refractivity contribution is -0.117. The predicted molar refractivity (Wildman–Crippen MR) is 133 cm³/mol. The highest BCUT2D eigenvalue weighted by Gasteiger charge is 2.42. The van der Waals surface area contributed by atoms with Gasteiger partial charge in [0.15, 0.2) is 0 Å². The zero-order valence-electron chi connectivity index (χ0n) is 19.6. The van der Waals surface area contributed by atoms with E-state index in [1.807, 2.05) is 36.3 Å². The van der Waals surface area contributed by atoms with Crippen LogP contribution in [0.15, 0.2) is 53.7 Å². The van der Waals surface area contributed by atoms with E-state index in [9.17, 15) is 13.2 Å². The molecule has 0 radical (unpaired) electrons. The van der Waals surface area contributed by atoms with E-state index in [1.165, 1.54) is 24.1 Å². The van der Waals surface area contributed by atoms with Crippen molar-refractivity contribution in [2.24, 2.45) is 7.05 Å². The fourth-order valence-corrected chi connectivity index (χ4v) is 6.47. The van der Waals surface area contributed by atoms with E-state index in [1.54, 1.807) is 16.8 Å². The average molecular weight is 515 g/mol. The number of nitrogens with zero attached hydrogens (tertiary/aromatic N) is 3. The topological polar surface area (TPSA) is 93.5 Å². The second kappa shape index (κ2) is 8.87. The maximum atomic E-state index is 12.8. The number of aryl methyl sites for hydroxylation is 2. The number of carbonyl (C=O) groups excluding carboxylic acids is 1. The molecule has 35 heavy (non-hydrogen) atoms. The van der Waals surface area contributed by atoms with Gasteiger partial charge in [0.05, 0.1) is 23.4 Å². The summed E-state index contributed by atoms with van der Waals surface area (Å²) in [4.78, 5) is 13.7. The average Bonchev–Trinajstić information content (AvgIpc) is 3.14. The fraction of sp³-hybridized carbons (Fsp3) is 0.360. The Morgan fingerprint density at radius 3 is 2.83 bits per heavy atom. The van der Waals surface area contributed by atoms with Crippen molar-refractivity contribution in [3.63, 3.8) is 0 Å². The molecule has 3 aromatic rings. The van der Waals surface area contributed by atoms with Crippen LogP contribution in [0.25, 0.3) is 0 Å². The second-order valence-corrected chi connectivity index (χ2v) is 11.5. The largest absolute Gasteiger partial charge is 0.490 e. The van der Waals surface area contributed by atoms with Crippen LogP contribution >= 0.6 is 11.6 Å². The molecule has 184 valence electrons. The number of aromatic nitrogens is 2. The van der Waals surface area contributed by atoms with Crippen LogP contribution in [0.1, 0.15) is 36.5 Å². The van der Waals surface area contributed by atoms with Crippen LogP contribution in [0.4, 0.5) is 5.69 Å². The quantitative estimate of drug-likeness (QED) is 0.572. The molecule has 0 bridgehead atoms. The van der Waals surface area contributed by atoms with Gasteiger partial charge in [0.25, 0.3) is 10.0 Å². The highest BCUT2D eigenvalue weighted by molar-refractivity contribution is 7.90. The number of hydrogen-bond acceptors (Lipinski definition) is 6. The van der Waals surface area contributed by atoms with E-state index in [0.29, 0.717) is 31.1 Å². The van der Waals surface area contributed by atoms with Crippen LogP contribution in [-0.2, 0) is 40.2 Å². The summed E-state index contributed by atoms with van der Waals surface area (Å²) in [5.74, 6) is -0.0338. The summed E-state index contributed by atoms with van der Waals surface area (Å²) in [6.45, 7) is 2.80. The van der Waals surface area contributed by atoms with Gasteiger partial charge < -0.3 is 9.64 Å². The Morgan fingerprint density at radius 1 is 1.26 bits per heavy atom. The smallest absolute Gasteiger partial charge is 0.264 e. The molecule has 1 amide bonds. The molecule has 1 unspecified atom stereocenters. The molecule has 5 rings (SSSR count). The molecule has 2 aromatic carbocycles. The molecule has 1 aromatic heterocycles. The highest BCUT2D eigenvalue weighted by Crippen LogP contribution is 2.45. The number of rotatable bonds is 4. The SMILES string of the molecule is CC(=O)NS(=O)(=O)c1ccc2c(c1)N(Cc1cnn(C)c1)CC1(CCCc3cc(Cl)ccc31)CO2. The van der Waals surface area contributed by atoms with Crippen molar-refractivity contribution in [1.82, 2.24) is 14.5 Å². The lowest BCUT2D eigenvalue weighted by Gasteiger charge is -2.40. The highest BCUT2D eigenvalue weighted by atomic mass is 35.5. The molecule has 1 N–H and O–H groups in total. The number of anilines is 1. The third-order valence-electron chi connectivity index (χ3n) is 6.73. The number of carbonyl (C=O) groups is 1. The standard InChI is InChI=1S/C25H27ClN4O4S/c1-17(31)28-35(32,33)21-6-8-24-23(11-21)30(14-18-12-27-29(2)13-18)15-25(16-34-24)9-3-4-19-10-20(26)5-7-22(19)25/h5-8,10-13H,3-4,9,14-16H2,1-2H3,(H,28,31). The van der Waals surface area contributed by atoms with Crippen molar-refractivity contribution >= 4 is 33.2 Å². The molecule has 2 heterocycles. The zero-order chi connectivity index (χ0) is 24.8. The summed E-state index contributed by atoms with van der Waals surface area (Å²) in [6, 6.07) is 10.8. The van der Waals surface area contributed by atoms with Crippen molar-refractivity contribution < 1.29 is 17.9 Å². The summed E-state index contributed by atoms with van der Waals surface area (Å²) in [5, 5.41) is 5.02. The first-order valence-corrected chi connectivity index (χ1v) is 13.3. The third kappa shape index (κ3) is 4.62. The first-order chi connectivity index (χ1) is 16.6. The van der Waals surface area contributed by atoms with Crippen LogP contribution in [0.3, 0.4) is 0 Å². The van der Waals surface area contributed by atoms with E-state index in [0.717, 1.165) is 29.8 Å². The molecule has 1 atom stereocenters. The van der Waals surface area contributed by atoms with Crippen molar-refractivity contribution in [2.45, 2.75) is 43.0 Å². The Balaban J connectivity index is 1.61. The van der Waals surface area contributed by atoms with Crippen molar-refractivity contribution in [1.29, 1.82) is 0 Å². The maximum Gasteiger partial charge on any atom is 0.264 e. The maximum absolute atomic E-state index is 12.8.